The van der Waals surface area contributed by atoms with E-state index in [1.807, 2.05) is 0 Å². The zero-order valence-electron chi connectivity index (χ0n) is 9.55. The molecule has 1 atom stereocenters. The fourth-order valence-corrected chi connectivity index (χ4v) is 3.45. The van der Waals surface area contributed by atoms with Gasteiger partial charge in [0.25, 0.3) is 0 Å². The van der Waals surface area contributed by atoms with Crippen LogP contribution in [0.5, 0.6) is 0 Å². The van der Waals surface area contributed by atoms with E-state index < -0.39 is 11.2 Å². The smallest absolute Gasteiger partial charge is 0.312 e. The van der Waals surface area contributed by atoms with Gasteiger partial charge in [-0.3, -0.25) is 0 Å². The molecule has 1 aromatic heterocycles. The van der Waals surface area contributed by atoms with E-state index in [9.17, 15) is 13.2 Å². The van der Waals surface area contributed by atoms with Crippen LogP contribution in [0.4, 0.5) is 13.2 Å². The molecule has 0 aromatic carbocycles. The molecule has 1 fully saturated rings. The van der Waals surface area contributed by atoms with Crippen LogP contribution in [-0.4, -0.2) is 12.0 Å². The van der Waals surface area contributed by atoms with Gasteiger partial charge in [-0.05, 0) is 25.8 Å². The van der Waals surface area contributed by atoms with E-state index in [2.05, 4.69) is 10.3 Å². The van der Waals surface area contributed by atoms with Crippen molar-refractivity contribution in [2.75, 3.05) is 7.05 Å². The summed E-state index contributed by atoms with van der Waals surface area (Å²) in [6, 6.07) is 0.0195. The van der Waals surface area contributed by atoms with E-state index in [0.717, 1.165) is 24.2 Å². The predicted molar refractivity (Wildman–Crippen MR) is 60.9 cm³/mol. The minimum Gasteiger partial charge on any atom is -0.312 e. The number of nitrogens with zero attached hydrogens (tertiary/aromatic N) is 1. The Hall–Kier alpha value is -0.620. The van der Waals surface area contributed by atoms with Crippen molar-refractivity contribution in [2.24, 2.45) is 5.92 Å². The largest absolute Gasteiger partial charge is 0.443 e. The molecule has 0 spiro atoms. The van der Waals surface area contributed by atoms with E-state index in [0.29, 0.717) is 10.8 Å². The van der Waals surface area contributed by atoms with Crippen LogP contribution in [0.25, 0.3) is 0 Å². The van der Waals surface area contributed by atoms with Gasteiger partial charge in [0.2, 0.25) is 0 Å². The lowest BCUT2D eigenvalue weighted by Crippen LogP contribution is -2.22. The standard InChI is InChI=1S/C11H15F3N2S/c1-15-9(7-4-2-3-5-7)8-6-16-10(17-8)11(12,13)14/h6-7,9,15H,2-5H2,1H3. The fourth-order valence-electron chi connectivity index (χ4n) is 2.46. The maximum atomic E-state index is 12.5. The van der Waals surface area contributed by atoms with E-state index in [-0.39, 0.29) is 6.04 Å². The van der Waals surface area contributed by atoms with Crippen LogP contribution < -0.4 is 5.32 Å². The van der Waals surface area contributed by atoms with Crippen LogP contribution in [0.3, 0.4) is 0 Å². The Morgan fingerprint density at radius 3 is 2.53 bits per heavy atom. The van der Waals surface area contributed by atoms with Gasteiger partial charge >= 0.3 is 6.18 Å². The Morgan fingerprint density at radius 2 is 2.06 bits per heavy atom. The number of halogens is 3. The van der Waals surface area contributed by atoms with Gasteiger partial charge in [0.05, 0.1) is 0 Å². The summed E-state index contributed by atoms with van der Waals surface area (Å²) in [5.74, 6) is 0.446. The highest BCUT2D eigenvalue weighted by Crippen LogP contribution is 2.40. The van der Waals surface area contributed by atoms with E-state index in [1.165, 1.54) is 19.0 Å². The van der Waals surface area contributed by atoms with Gasteiger partial charge in [0.1, 0.15) is 0 Å². The fraction of sp³-hybridized carbons (Fsp3) is 0.727. The first kappa shape index (κ1) is 12.8. The van der Waals surface area contributed by atoms with Crippen molar-refractivity contribution < 1.29 is 13.2 Å². The summed E-state index contributed by atoms with van der Waals surface area (Å²) in [6.45, 7) is 0. The Balaban J connectivity index is 2.17. The van der Waals surface area contributed by atoms with Crippen molar-refractivity contribution in [1.82, 2.24) is 10.3 Å². The maximum absolute atomic E-state index is 12.5. The highest BCUT2D eigenvalue weighted by atomic mass is 32.1. The molecule has 2 nitrogen and oxygen atoms in total. The number of hydrogen-bond acceptors (Lipinski definition) is 3. The second-order valence-corrected chi connectivity index (χ2v) is 5.44. The van der Waals surface area contributed by atoms with Crippen LogP contribution in [0.2, 0.25) is 0 Å². The van der Waals surface area contributed by atoms with E-state index in [1.54, 1.807) is 7.05 Å². The summed E-state index contributed by atoms with van der Waals surface area (Å²) in [7, 11) is 1.80. The van der Waals surface area contributed by atoms with Crippen LogP contribution in [0.15, 0.2) is 6.20 Å². The maximum Gasteiger partial charge on any atom is 0.443 e. The lowest BCUT2D eigenvalue weighted by Gasteiger charge is -2.21. The van der Waals surface area contributed by atoms with Gasteiger partial charge in [-0.1, -0.05) is 12.8 Å². The summed E-state index contributed by atoms with van der Waals surface area (Å²) in [6.07, 6.45) is 1.57. The quantitative estimate of drug-likeness (QED) is 0.902. The third-order valence-corrected chi connectivity index (χ3v) is 4.38. The molecule has 1 unspecified atom stereocenters. The van der Waals surface area contributed by atoms with Gasteiger partial charge in [-0.15, -0.1) is 11.3 Å². The summed E-state index contributed by atoms with van der Waals surface area (Å²) >= 11 is 0.761. The highest BCUT2D eigenvalue weighted by Gasteiger charge is 2.36. The molecule has 6 heteroatoms. The minimum absolute atomic E-state index is 0.0195. The second-order valence-electron chi connectivity index (χ2n) is 4.38. The number of aromatic nitrogens is 1. The molecule has 1 saturated carbocycles. The van der Waals surface area contributed by atoms with Crippen molar-refractivity contribution in [3.8, 4) is 0 Å². The molecule has 1 heterocycles. The van der Waals surface area contributed by atoms with E-state index >= 15 is 0 Å². The molecule has 0 amide bonds. The van der Waals surface area contributed by atoms with E-state index in [4.69, 9.17) is 0 Å². The topological polar surface area (TPSA) is 24.9 Å². The number of hydrogen-bond donors (Lipinski definition) is 1. The van der Waals surface area contributed by atoms with Gasteiger partial charge < -0.3 is 5.32 Å². The third-order valence-electron chi connectivity index (χ3n) is 3.25. The Morgan fingerprint density at radius 1 is 1.41 bits per heavy atom. The summed E-state index contributed by atoms with van der Waals surface area (Å²) < 4.78 is 37.4. The molecule has 0 aliphatic heterocycles. The molecule has 96 valence electrons. The number of alkyl halides is 3. The van der Waals surface area contributed by atoms with Crippen molar-refractivity contribution in [3.63, 3.8) is 0 Å². The monoisotopic (exact) mass is 264 g/mol. The zero-order chi connectivity index (χ0) is 12.5. The molecule has 1 aliphatic rings. The first-order chi connectivity index (χ1) is 8.02. The Kier molecular flexibility index (Phi) is 3.73. The molecule has 1 aromatic rings. The second kappa shape index (κ2) is 4.94. The van der Waals surface area contributed by atoms with Gasteiger partial charge in [-0.2, -0.15) is 13.2 Å². The molecule has 1 N–H and O–H groups in total. The molecule has 0 bridgehead atoms. The predicted octanol–water partition coefficient (Wildman–Crippen LogP) is 3.61. The van der Waals surface area contributed by atoms with Crippen LogP contribution in [-0.2, 0) is 6.18 Å². The Labute approximate surface area is 102 Å². The van der Waals surface area contributed by atoms with Gasteiger partial charge in [0.15, 0.2) is 5.01 Å². The summed E-state index contributed by atoms with van der Waals surface area (Å²) in [4.78, 5) is 4.18. The number of rotatable bonds is 3. The zero-order valence-corrected chi connectivity index (χ0v) is 10.4. The van der Waals surface area contributed by atoms with Crippen LogP contribution in [0.1, 0.15) is 41.6 Å². The number of nitrogens with one attached hydrogen (secondary N) is 1. The molecule has 0 radical (unpaired) electrons. The minimum atomic E-state index is -4.32. The SMILES string of the molecule is CNC(c1cnc(C(F)(F)F)s1)C1CCCC1. The summed E-state index contributed by atoms with van der Waals surface area (Å²) in [5.41, 5.74) is 0. The van der Waals surface area contributed by atoms with Gasteiger partial charge in [0, 0.05) is 17.1 Å². The van der Waals surface area contributed by atoms with Crippen LogP contribution in [0, 0.1) is 5.92 Å². The lowest BCUT2D eigenvalue weighted by molar-refractivity contribution is -0.137. The van der Waals surface area contributed by atoms with Crippen molar-refractivity contribution in [3.05, 3.63) is 16.1 Å². The first-order valence-electron chi connectivity index (χ1n) is 5.72. The molecular weight excluding hydrogens is 249 g/mol. The van der Waals surface area contributed by atoms with Crippen molar-refractivity contribution in [2.45, 2.75) is 37.9 Å². The summed E-state index contributed by atoms with van der Waals surface area (Å²) in [5, 5.41) is 2.38. The molecular formula is C11H15F3N2S. The Bertz CT molecular complexity index is 369. The van der Waals surface area contributed by atoms with Crippen molar-refractivity contribution >= 4 is 11.3 Å². The van der Waals surface area contributed by atoms with Gasteiger partial charge in [-0.25, -0.2) is 4.98 Å². The first-order valence-corrected chi connectivity index (χ1v) is 6.54. The average Bonchev–Trinajstić information content (AvgIpc) is 2.87. The third kappa shape index (κ3) is 2.80. The lowest BCUT2D eigenvalue weighted by atomic mass is 9.97. The molecule has 0 saturated heterocycles. The molecule has 17 heavy (non-hydrogen) atoms. The average molecular weight is 264 g/mol. The normalized spacial score (nSPS) is 19.8. The molecule has 2 rings (SSSR count). The highest BCUT2D eigenvalue weighted by molar-refractivity contribution is 7.11. The van der Waals surface area contributed by atoms with Crippen molar-refractivity contribution in [1.29, 1.82) is 0 Å². The number of thiazole rings is 1. The molecule has 1 aliphatic carbocycles. The van der Waals surface area contributed by atoms with Crippen LogP contribution >= 0.6 is 11.3 Å².